The smallest absolute Gasteiger partial charge is 0.506 e. The summed E-state index contributed by atoms with van der Waals surface area (Å²) in [6.45, 7) is 5.12. The molecule has 0 radical (unpaired) electrons. The first-order valence-electron chi connectivity index (χ1n) is 12.5. The molecule has 0 saturated carbocycles. The van der Waals surface area contributed by atoms with Crippen molar-refractivity contribution in [1.82, 2.24) is 15.6 Å². The van der Waals surface area contributed by atoms with Gasteiger partial charge in [-0.2, -0.15) is 0 Å². The molecule has 5 N–H and O–H groups in total. The number of hydrogen-bond donors (Lipinski definition) is 4. The van der Waals surface area contributed by atoms with Gasteiger partial charge in [-0.05, 0) is 31.4 Å². The molecule has 2 aromatic rings. The van der Waals surface area contributed by atoms with E-state index in [0.717, 1.165) is 12.7 Å². The third-order valence-electron chi connectivity index (χ3n) is 6.03. The Hall–Kier alpha value is -3.81. The van der Waals surface area contributed by atoms with Gasteiger partial charge in [-0.15, -0.1) is 0 Å². The molecule has 0 spiro atoms. The Kier molecular flexibility index (Phi) is 10.2. The molecular weight excluding hydrogens is 507 g/mol. The maximum Gasteiger partial charge on any atom is 0.552 e. The summed E-state index contributed by atoms with van der Waals surface area (Å²) in [5.74, 6) is -3.97. The highest BCUT2D eigenvalue weighted by molar-refractivity contribution is 6.51. The second-order valence-corrected chi connectivity index (χ2v) is 9.62. The topological polar surface area (TPSA) is 179 Å². The van der Waals surface area contributed by atoms with Gasteiger partial charge in [-0.1, -0.05) is 50.2 Å². The van der Waals surface area contributed by atoms with Crippen LogP contribution in [0.3, 0.4) is 0 Å². The zero-order chi connectivity index (χ0) is 28.7. The number of esters is 1. The molecule has 208 valence electrons. The molecule has 0 bridgehead atoms. The van der Waals surface area contributed by atoms with Crippen molar-refractivity contribution in [3.8, 4) is 11.3 Å². The lowest BCUT2D eigenvalue weighted by atomic mass is 9.74. The van der Waals surface area contributed by atoms with Crippen molar-refractivity contribution in [3.63, 3.8) is 0 Å². The minimum atomic E-state index is -1.41. The zero-order valence-electron chi connectivity index (χ0n) is 22.2. The normalized spacial score (nSPS) is 18.1. The van der Waals surface area contributed by atoms with Crippen molar-refractivity contribution in [2.75, 3.05) is 7.11 Å². The van der Waals surface area contributed by atoms with Crippen LogP contribution in [-0.4, -0.2) is 78.3 Å². The first kappa shape index (κ1) is 29.7. The Labute approximate surface area is 226 Å². The van der Waals surface area contributed by atoms with Crippen molar-refractivity contribution >= 4 is 30.9 Å². The molecule has 1 saturated heterocycles. The number of aromatic nitrogens is 1. The number of amides is 2. The molecule has 3 rings (SSSR count). The Morgan fingerprint density at radius 3 is 2.41 bits per heavy atom. The van der Waals surface area contributed by atoms with Crippen molar-refractivity contribution in [3.05, 3.63) is 54.2 Å². The predicted octanol–water partition coefficient (Wildman–Crippen LogP) is 0.228. The number of ether oxygens (including phenoxy) is 1. The van der Waals surface area contributed by atoms with E-state index in [2.05, 4.69) is 20.4 Å². The molecule has 1 fully saturated rings. The van der Waals surface area contributed by atoms with Crippen LogP contribution >= 0.6 is 0 Å². The van der Waals surface area contributed by atoms with Crippen LogP contribution in [0.15, 0.2) is 48.5 Å². The fourth-order valence-electron chi connectivity index (χ4n) is 4.05. The Morgan fingerprint density at radius 1 is 1.10 bits per heavy atom. The van der Waals surface area contributed by atoms with E-state index in [-0.39, 0.29) is 11.6 Å². The fraction of sp³-hybridized carbons (Fsp3) is 0.423. The van der Waals surface area contributed by atoms with Crippen LogP contribution in [0.25, 0.3) is 11.3 Å². The van der Waals surface area contributed by atoms with E-state index in [4.69, 9.17) is 15.0 Å². The quantitative estimate of drug-likeness (QED) is 0.228. The van der Waals surface area contributed by atoms with Gasteiger partial charge in [-0.3, -0.25) is 19.2 Å². The zero-order valence-corrected chi connectivity index (χ0v) is 22.2. The predicted molar refractivity (Wildman–Crippen MR) is 141 cm³/mol. The Bertz CT molecular complexity index is 1180. The maximum absolute atomic E-state index is 13.2. The van der Waals surface area contributed by atoms with Gasteiger partial charge in [0.15, 0.2) is 6.10 Å². The fourth-order valence-corrected chi connectivity index (χ4v) is 4.05. The highest BCUT2D eigenvalue weighted by atomic mass is 16.7. The van der Waals surface area contributed by atoms with E-state index in [1.807, 2.05) is 44.2 Å². The molecule has 2 heterocycles. The van der Waals surface area contributed by atoms with Crippen LogP contribution < -0.4 is 16.4 Å². The van der Waals surface area contributed by atoms with Crippen molar-refractivity contribution < 1.29 is 38.3 Å². The molecule has 1 aromatic heterocycles. The summed E-state index contributed by atoms with van der Waals surface area (Å²) >= 11 is 0. The van der Waals surface area contributed by atoms with E-state index in [1.165, 1.54) is 13.0 Å². The summed E-state index contributed by atoms with van der Waals surface area (Å²) in [6, 6.07) is 11.4. The molecule has 12 nitrogen and oxygen atoms in total. The first-order valence-corrected chi connectivity index (χ1v) is 12.5. The van der Waals surface area contributed by atoms with Crippen molar-refractivity contribution in [2.45, 2.75) is 57.4 Å². The summed E-state index contributed by atoms with van der Waals surface area (Å²) in [6.07, 6.45) is -2.38. The van der Waals surface area contributed by atoms with Crippen LogP contribution in [0.1, 0.15) is 37.7 Å². The van der Waals surface area contributed by atoms with Crippen LogP contribution in [-0.2, 0) is 28.4 Å². The van der Waals surface area contributed by atoms with E-state index in [9.17, 15) is 24.3 Å². The molecule has 1 aliphatic rings. The molecule has 5 atom stereocenters. The van der Waals surface area contributed by atoms with Gasteiger partial charge >= 0.3 is 19.1 Å². The Balaban J connectivity index is 1.74. The minimum absolute atomic E-state index is 0.0236. The standard InChI is InChI=1S/C26H33BN4O8/c1-14(2)13-19(27-38-22(26(36)39-27)20(28)25(35)37-4)30-24(34)21(15(3)32)31-23(33)18-12-8-11-17(29-18)16-9-6-5-7-10-16/h5-12,14-15,19-22,32H,13,28H2,1-4H3,(H,30,34)(H,31,33)/t15-,19+,20-,21+,22-/m1/s1. The second kappa shape index (κ2) is 13.3. The van der Waals surface area contributed by atoms with Gasteiger partial charge in [0.2, 0.25) is 5.91 Å². The monoisotopic (exact) mass is 540 g/mol. The van der Waals surface area contributed by atoms with E-state index >= 15 is 0 Å². The number of aliphatic hydroxyl groups excluding tert-OH is 1. The second-order valence-electron chi connectivity index (χ2n) is 9.62. The number of methoxy groups -OCH3 is 1. The summed E-state index contributed by atoms with van der Waals surface area (Å²) in [4.78, 5) is 54.8. The third kappa shape index (κ3) is 7.62. The number of pyridine rings is 1. The number of benzene rings is 1. The summed E-state index contributed by atoms with van der Waals surface area (Å²) in [7, 11) is -0.126. The van der Waals surface area contributed by atoms with Crippen LogP contribution in [0, 0.1) is 5.92 Å². The number of nitrogens with one attached hydrogen (secondary N) is 2. The lowest BCUT2D eigenvalue weighted by Crippen LogP contribution is -2.58. The average Bonchev–Trinajstić information content (AvgIpc) is 3.31. The van der Waals surface area contributed by atoms with Crippen LogP contribution in [0.4, 0.5) is 0 Å². The van der Waals surface area contributed by atoms with Crippen LogP contribution in [0.2, 0.25) is 0 Å². The molecule has 0 unspecified atom stereocenters. The maximum atomic E-state index is 13.2. The van der Waals surface area contributed by atoms with E-state index < -0.39 is 61.1 Å². The van der Waals surface area contributed by atoms with Crippen LogP contribution in [0.5, 0.6) is 0 Å². The lowest BCUT2D eigenvalue weighted by Gasteiger charge is -2.26. The number of aliphatic hydroxyl groups is 1. The van der Waals surface area contributed by atoms with Gasteiger partial charge in [0.1, 0.15) is 17.8 Å². The highest BCUT2D eigenvalue weighted by Gasteiger charge is 2.50. The number of carbonyl (C=O) groups excluding carboxylic acids is 4. The number of nitrogens with zero attached hydrogens (tertiary/aromatic N) is 1. The molecule has 13 heteroatoms. The first-order chi connectivity index (χ1) is 18.5. The van der Waals surface area contributed by atoms with Gasteiger partial charge in [0.05, 0.1) is 24.8 Å². The largest absolute Gasteiger partial charge is 0.552 e. The molecule has 2 amide bonds. The number of carbonyl (C=O) groups is 4. The molecule has 1 aliphatic heterocycles. The van der Waals surface area contributed by atoms with E-state index in [1.54, 1.807) is 12.1 Å². The van der Waals surface area contributed by atoms with Gasteiger partial charge in [-0.25, -0.2) is 4.98 Å². The summed E-state index contributed by atoms with van der Waals surface area (Å²) in [5, 5.41) is 15.6. The number of rotatable bonds is 11. The van der Waals surface area contributed by atoms with Crippen molar-refractivity contribution in [1.29, 1.82) is 0 Å². The van der Waals surface area contributed by atoms with Gasteiger partial charge < -0.3 is 35.5 Å². The van der Waals surface area contributed by atoms with Gasteiger partial charge in [0, 0.05) is 5.56 Å². The molecule has 1 aromatic carbocycles. The SMILES string of the molecule is COC(=O)[C@H](N)[C@H]1OB([C@H](CC(C)C)NC(=O)[C@@H](NC(=O)c2cccc(-c3ccccc3)n2)[C@@H](C)O)OC1=O. The Morgan fingerprint density at radius 2 is 1.79 bits per heavy atom. The van der Waals surface area contributed by atoms with E-state index in [0.29, 0.717) is 12.1 Å². The third-order valence-corrected chi connectivity index (χ3v) is 6.03. The molecule has 39 heavy (non-hydrogen) atoms. The lowest BCUT2D eigenvalue weighted by molar-refractivity contribution is -0.149. The number of hydrogen-bond acceptors (Lipinski definition) is 10. The molecular formula is C26H33BN4O8. The average molecular weight is 540 g/mol. The summed E-state index contributed by atoms with van der Waals surface area (Å²) < 4.78 is 15.4. The molecule has 0 aliphatic carbocycles. The van der Waals surface area contributed by atoms with Crippen molar-refractivity contribution in [2.24, 2.45) is 11.7 Å². The number of nitrogens with two attached hydrogens (primary N) is 1. The minimum Gasteiger partial charge on any atom is -0.506 e. The highest BCUT2D eigenvalue weighted by Crippen LogP contribution is 2.20. The van der Waals surface area contributed by atoms with Gasteiger partial charge in [0.25, 0.3) is 5.91 Å². The summed E-state index contributed by atoms with van der Waals surface area (Å²) in [5.41, 5.74) is 7.19.